The van der Waals surface area contributed by atoms with E-state index in [9.17, 15) is 4.79 Å². The molecule has 1 aliphatic heterocycles. The Bertz CT molecular complexity index is 1240. The van der Waals surface area contributed by atoms with Gasteiger partial charge in [0.1, 0.15) is 24.2 Å². The number of carbonyl (C=O) groups excluding carboxylic acids is 1. The zero-order valence-corrected chi connectivity index (χ0v) is 17.3. The third-order valence-electron chi connectivity index (χ3n) is 5.77. The number of para-hydroxylation sites is 1. The van der Waals surface area contributed by atoms with E-state index in [4.69, 9.17) is 9.47 Å². The number of ketones is 1. The SMILES string of the molecule is C[C@H]1Oc2ccc(OCc3ccc4ccccc4n3)cc2C(=O)[C@@H]1Cc1ccccc1. The second-order valence-corrected chi connectivity index (χ2v) is 7.93. The van der Waals surface area contributed by atoms with Crippen molar-refractivity contribution < 1.29 is 14.3 Å². The highest BCUT2D eigenvalue weighted by Gasteiger charge is 2.34. The Morgan fingerprint density at radius 3 is 2.61 bits per heavy atom. The molecule has 0 spiro atoms. The third kappa shape index (κ3) is 4.02. The van der Waals surface area contributed by atoms with Gasteiger partial charge in [0.05, 0.1) is 22.7 Å². The average molecular weight is 409 g/mol. The van der Waals surface area contributed by atoms with Gasteiger partial charge < -0.3 is 9.47 Å². The quantitative estimate of drug-likeness (QED) is 0.428. The summed E-state index contributed by atoms with van der Waals surface area (Å²) in [5.74, 6) is 1.15. The topological polar surface area (TPSA) is 48.4 Å². The molecule has 31 heavy (non-hydrogen) atoms. The summed E-state index contributed by atoms with van der Waals surface area (Å²) in [7, 11) is 0. The molecule has 0 amide bonds. The number of pyridine rings is 1. The lowest BCUT2D eigenvalue weighted by Crippen LogP contribution is -2.37. The van der Waals surface area contributed by atoms with Crippen molar-refractivity contribution in [3.8, 4) is 11.5 Å². The molecule has 2 heterocycles. The molecule has 4 heteroatoms. The van der Waals surface area contributed by atoms with Crippen molar-refractivity contribution in [2.24, 2.45) is 5.92 Å². The fraction of sp³-hybridized carbons (Fsp3) is 0.185. The monoisotopic (exact) mass is 409 g/mol. The fourth-order valence-corrected chi connectivity index (χ4v) is 4.06. The van der Waals surface area contributed by atoms with Gasteiger partial charge in [0, 0.05) is 5.39 Å². The number of hydrogen-bond donors (Lipinski definition) is 0. The summed E-state index contributed by atoms with van der Waals surface area (Å²) in [5, 5.41) is 1.10. The van der Waals surface area contributed by atoms with Crippen LogP contribution in [0.4, 0.5) is 0 Å². The molecule has 154 valence electrons. The van der Waals surface area contributed by atoms with E-state index in [0.717, 1.165) is 22.2 Å². The van der Waals surface area contributed by atoms with Crippen LogP contribution in [0.1, 0.15) is 28.5 Å². The molecule has 0 aliphatic carbocycles. The van der Waals surface area contributed by atoms with E-state index in [1.165, 1.54) is 0 Å². The minimum absolute atomic E-state index is 0.104. The number of benzene rings is 3. The van der Waals surface area contributed by atoms with Crippen LogP contribution >= 0.6 is 0 Å². The molecule has 0 unspecified atom stereocenters. The molecule has 4 aromatic rings. The molecular formula is C27H23NO3. The standard InChI is InChI=1S/C27H23NO3/c1-18-23(15-19-7-3-2-4-8-19)27(29)24-16-22(13-14-26(24)31-18)30-17-21-12-11-20-9-5-6-10-25(20)28-21/h2-14,16,18,23H,15,17H2,1H3/t18-,23-/m1/s1. The first kappa shape index (κ1) is 19.3. The Morgan fingerprint density at radius 1 is 0.935 bits per heavy atom. The fourth-order valence-electron chi connectivity index (χ4n) is 4.06. The van der Waals surface area contributed by atoms with Gasteiger partial charge in [0.25, 0.3) is 0 Å². The first-order valence-corrected chi connectivity index (χ1v) is 10.5. The average Bonchev–Trinajstić information content (AvgIpc) is 2.81. The van der Waals surface area contributed by atoms with Crippen molar-refractivity contribution in [3.63, 3.8) is 0 Å². The van der Waals surface area contributed by atoms with E-state index >= 15 is 0 Å². The summed E-state index contributed by atoms with van der Waals surface area (Å²) < 4.78 is 12.0. The van der Waals surface area contributed by atoms with E-state index in [1.807, 2.05) is 85.8 Å². The Balaban J connectivity index is 1.34. The maximum absolute atomic E-state index is 13.3. The summed E-state index contributed by atoms with van der Waals surface area (Å²) in [4.78, 5) is 17.9. The summed E-state index contributed by atoms with van der Waals surface area (Å²) >= 11 is 0. The van der Waals surface area contributed by atoms with Crippen molar-refractivity contribution in [1.29, 1.82) is 0 Å². The second kappa shape index (κ2) is 8.23. The van der Waals surface area contributed by atoms with Crippen LogP contribution in [0.25, 0.3) is 10.9 Å². The Hall–Kier alpha value is -3.66. The van der Waals surface area contributed by atoms with Crippen LogP contribution in [0.15, 0.2) is 84.9 Å². The van der Waals surface area contributed by atoms with Crippen molar-refractivity contribution in [3.05, 3.63) is 102 Å². The van der Waals surface area contributed by atoms with Crippen LogP contribution < -0.4 is 9.47 Å². The Labute approximate surface area is 181 Å². The molecule has 0 fully saturated rings. The minimum Gasteiger partial charge on any atom is -0.489 e. The number of aromatic nitrogens is 1. The highest BCUT2D eigenvalue weighted by atomic mass is 16.5. The molecule has 5 rings (SSSR count). The number of carbonyl (C=O) groups is 1. The molecule has 0 N–H and O–H groups in total. The van der Waals surface area contributed by atoms with E-state index in [2.05, 4.69) is 4.98 Å². The van der Waals surface area contributed by atoms with Crippen molar-refractivity contribution in [2.75, 3.05) is 0 Å². The van der Waals surface area contributed by atoms with Crippen molar-refractivity contribution >= 4 is 16.7 Å². The van der Waals surface area contributed by atoms with Crippen molar-refractivity contribution in [1.82, 2.24) is 4.98 Å². The first-order chi connectivity index (χ1) is 15.2. The van der Waals surface area contributed by atoms with Gasteiger partial charge in [-0.15, -0.1) is 0 Å². The highest BCUT2D eigenvalue weighted by Crippen LogP contribution is 2.35. The number of Topliss-reactive ketones (excluding diaryl/α,β-unsaturated/α-hetero) is 1. The van der Waals surface area contributed by atoms with Gasteiger partial charge in [-0.05, 0) is 49.2 Å². The lowest BCUT2D eigenvalue weighted by molar-refractivity contribution is 0.0698. The second-order valence-electron chi connectivity index (χ2n) is 7.93. The number of nitrogens with zero attached hydrogens (tertiary/aromatic N) is 1. The summed E-state index contributed by atoms with van der Waals surface area (Å²) in [6.07, 6.45) is 0.487. The smallest absolute Gasteiger partial charge is 0.173 e. The molecule has 0 saturated heterocycles. The van der Waals surface area contributed by atoms with Gasteiger partial charge in [0.2, 0.25) is 0 Å². The van der Waals surface area contributed by atoms with Crippen LogP contribution in [0, 0.1) is 5.92 Å². The van der Waals surface area contributed by atoms with E-state index in [0.29, 0.717) is 30.1 Å². The Kier molecular flexibility index (Phi) is 5.13. The summed E-state index contributed by atoms with van der Waals surface area (Å²) in [6.45, 7) is 2.30. The maximum Gasteiger partial charge on any atom is 0.173 e. The lowest BCUT2D eigenvalue weighted by atomic mass is 9.85. The predicted octanol–water partition coefficient (Wildman–Crippen LogP) is 5.64. The van der Waals surface area contributed by atoms with E-state index in [1.54, 1.807) is 6.07 Å². The molecule has 1 aromatic heterocycles. The van der Waals surface area contributed by atoms with Crippen LogP contribution in [0.3, 0.4) is 0 Å². The van der Waals surface area contributed by atoms with Gasteiger partial charge in [-0.1, -0.05) is 54.6 Å². The third-order valence-corrected chi connectivity index (χ3v) is 5.77. The minimum atomic E-state index is -0.215. The van der Waals surface area contributed by atoms with Crippen LogP contribution in [-0.2, 0) is 13.0 Å². The maximum atomic E-state index is 13.3. The zero-order chi connectivity index (χ0) is 21.2. The normalized spacial score (nSPS) is 17.8. The van der Waals surface area contributed by atoms with Crippen LogP contribution in [0.5, 0.6) is 11.5 Å². The molecule has 0 radical (unpaired) electrons. The molecule has 4 nitrogen and oxygen atoms in total. The predicted molar refractivity (Wildman–Crippen MR) is 121 cm³/mol. The van der Waals surface area contributed by atoms with Crippen LogP contribution in [0.2, 0.25) is 0 Å². The molecular weight excluding hydrogens is 386 g/mol. The van der Waals surface area contributed by atoms with E-state index in [-0.39, 0.29) is 17.8 Å². The summed E-state index contributed by atoms with van der Waals surface area (Å²) in [5.41, 5.74) is 3.50. The first-order valence-electron chi connectivity index (χ1n) is 10.5. The van der Waals surface area contributed by atoms with Gasteiger partial charge in [-0.25, -0.2) is 4.98 Å². The van der Waals surface area contributed by atoms with Gasteiger partial charge in [0.15, 0.2) is 5.78 Å². The molecule has 2 atom stereocenters. The molecule has 0 saturated carbocycles. The number of fused-ring (bicyclic) bond motifs is 2. The Morgan fingerprint density at radius 2 is 1.74 bits per heavy atom. The number of rotatable bonds is 5. The van der Waals surface area contributed by atoms with Crippen molar-refractivity contribution in [2.45, 2.75) is 26.1 Å². The largest absolute Gasteiger partial charge is 0.489 e. The zero-order valence-electron chi connectivity index (χ0n) is 17.3. The van der Waals surface area contributed by atoms with Gasteiger partial charge in [-0.2, -0.15) is 0 Å². The molecule has 1 aliphatic rings. The number of ether oxygens (including phenoxy) is 2. The lowest BCUT2D eigenvalue weighted by Gasteiger charge is -2.30. The van der Waals surface area contributed by atoms with Gasteiger partial charge in [-0.3, -0.25) is 4.79 Å². The van der Waals surface area contributed by atoms with Gasteiger partial charge >= 0.3 is 0 Å². The highest BCUT2D eigenvalue weighted by molar-refractivity contribution is 6.02. The molecule has 3 aromatic carbocycles. The summed E-state index contributed by atoms with van der Waals surface area (Å²) in [6, 6.07) is 27.5. The van der Waals surface area contributed by atoms with Crippen LogP contribution in [-0.4, -0.2) is 16.9 Å². The van der Waals surface area contributed by atoms with E-state index < -0.39 is 0 Å². The molecule has 0 bridgehead atoms. The number of hydrogen-bond acceptors (Lipinski definition) is 4.